The Hall–Kier alpha value is -2.30. The Morgan fingerprint density at radius 3 is 2.82 bits per heavy atom. The minimum atomic E-state index is -0.265. The smallest absolute Gasteiger partial charge is 0.221 e. The molecule has 1 amide bonds. The molecule has 2 aromatic rings. The fourth-order valence-corrected chi connectivity index (χ4v) is 1.61. The molecule has 0 radical (unpaired) electrons. The summed E-state index contributed by atoms with van der Waals surface area (Å²) in [5.74, 6) is 0.462. The second-order valence-corrected chi connectivity index (χ2v) is 3.50. The largest absolute Gasteiger partial charge is 0.497 e. The maximum absolute atomic E-state index is 11.1. The Morgan fingerprint density at radius 1 is 1.47 bits per heavy atom. The molecule has 0 aliphatic carbocycles. The van der Waals surface area contributed by atoms with Crippen molar-refractivity contribution in [3.8, 4) is 5.75 Å². The summed E-state index contributed by atoms with van der Waals surface area (Å²) in [4.78, 5) is 21.9. The van der Waals surface area contributed by atoms with Gasteiger partial charge in [-0.15, -0.1) is 0 Å². The lowest BCUT2D eigenvalue weighted by molar-refractivity contribution is -0.114. The Balaban J connectivity index is 2.66. The molecule has 2 rings (SSSR count). The number of rotatable bonds is 3. The van der Waals surface area contributed by atoms with Crippen molar-refractivity contribution < 1.29 is 18.7 Å². The van der Waals surface area contributed by atoms with Crippen LogP contribution in [0.15, 0.2) is 22.6 Å². The Labute approximate surface area is 97.4 Å². The van der Waals surface area contributed by atoms with Gasteiger partial charge in [-0.25, -0.2) is 0 Å². The molecule has 5 heteroatoms. The van der Waals surface area contributed by atoms with E-state index in [0.29, 0.717) is 28.7 Å². The van der Waals surface area contributed by atoms with E-state index in [4.69, 9.17) is 9.15 Å². The van der Waals surface area contributed by atoms with Crippen LogP contribution >= 0.6 is 0 Å². The van der Waals surface area contributed by atoms with Crippen LogP contribution in [0.1, 0.15) is 17.5 Å². The second kappa shape index (κ2) is 4.29. The van der Waals surface area contributed by atoms with E-state index in [-0.39, 0.29) is 11.7 Å². The van der Waals surface area contributed by atoms with E-state index >= 15 is 0 Å². The van der Waals surface area contributed by atoms with Crippen LogP contribution in [0.2, 0.25) is 0 Å². The fourth-order valence-electron chi connectivity index (χ4n) is 1.61. The van der Waals surface area contributed by atoms with Gasteiger partial charge in [0.05, 0.1) is 12.8 Å². The zero-order chi connectivity index (χ0) is 12.4. The van der Waals surface area contributed by atoms with Gasteiger partial charge in [-0.05, 0) is 18.2 Å². The summed E-state index contributed by atoms with van der Waals surface area (Å²) in [5.41, 5.74) is 0.901. The highest BCUT2D eigenvalue weighted by Crippen LogP contribution is 2.32. The van der Waals surface area contributed by atoms with Crippen LogP contribution in [0.4, 0.5) is 5.69 Å². The van der Waals surface area contributed by atoms with Crippen molar-refractivity contribution in [1.29, 1.82) is 0 Å². The number of hydrogen-bond acceptors (Lipinski definition) is 4. The number of carbonyl (C=O) groups excluding carboxylic acids is 2. The van der Waals surface area contributed by atoms with Crippen LogP contribution in [-0.2, 0) is 4.79 Å². The Morgan fingerprint density at radius 2 is 2.24 bits per heavy atom. The number of ether oxygens (including phenoxy) is 1. The molecule has 0 saturated heterocycles. The van der Waals surface area contributed by atoms with Gasteiger partial charge in [-0.1, -0.05) is 0 Å². The number of hydrogen-bond donors (Lipinski definition) is 1. The first kappa shape index (κ1) is 11.2. The van der Waals surface area contributed by atoms with E-state index in [2.05, 4.69) is 5.32 Å². The monoisotopic (exact) mass is 233 g/mol. The zero-order valence-electron chi connectivity index (χ0n) is 9.44. The molecule has 1 N–H and O–H groups in total. The first-order chi connectivity index (χ1) is 8.15. The average molecular weight is 233 g/mol. The van der Waals surface area contributed by atoms with Crippen LogP contribution in [0.5, 0.6) is 5.75 Å². The van der Waals surface area contributed by atoms with Gasteiger partial charge in [0, 0.05) is 12.3 Å². The molecule has 5 nitrogen and oxygen atoms in total. The molecule has 0 saturated carbocycles. The molecule has 0 fully saturated rings. The molecule has 88 valence electrons. The molecule has 1 heterocycles. The van der Waals surface area contributed by atoms with E-state index in [1.54, 1.807) is 25.3 Å². The maximum atomic E-state index is 11.1. The summed E-state index contributed by atoms with van der Waals surface area (Å²) in [6.07, 6.45) is 0.567. The van der Waals surface area contributed by atoms with Crippen molar-refractivity contribution in [2.24, 2.45) is 0 Å². The maximum Gasteiger partial charge on any atom is 0.221 e. The van der Waals surface area contributed by atoms with Crippen molar-refractivity contribution in [2.45, 2.75) is 6.92 Å². The van der Waals surface area contributed by atoms with Crippen LogP contribution in [0.25, 0.3) is 11.0 Å². The summed E-state index contributed by atoms with van der Waals surface area (Å²) in [5, 5.41) is 3.22. The molecule has 0 unspecified atom stereocenters. The quantitative estimate of drug-likeness (QED) is 0.825. The summed E-state index contributed by atoms with van der Waals surface area (Å²) < 4.78 is 10.4. The first-order valence-electron chi connectivity index (χ1n) is 4.99. The molecule has 0 aliphatic heterocycles. The third-order valence-corrected chi connectivity index (χ3v) is 2.33. The summed E-state index contributed by atoms with van der Waals surface area (Å²) >= 11 is 0. The number of anilines is 1. The number of aldehydes is 1. The molecule has 0 atom stereocenters. The molecule has 0 bridgehead atoms. The Kier molecular flexibility index (Phi) is 2.82. The van der Waals surface area contributed by atoms with E-state index < -0.39 is 0 Å². The number of furan rings is 1. The van der Waals surface area contributed by atoms with Gasteiger partial charge in [0.2, 0.25) is 5.91 Å². The fraction of sp³-hybridized carbons (Fsp3) is 0.167. The summed E-state index contributed by atoms with van der Waals surface area (Å²) in [6.45, 7) is 1.37. The number of amides is 1. The normalized spacial score (nSPS) is 10.2. The highest BCUT2D eigenvalue weighted by molar-refractivity contribution is 6.06. The van der Waals surface area contributed by atoms with Crippen molar-refractivity contribution in [2.75, 3.05) is 12.4 Å². The molecule has 1 aromatic heterocycles. The van der Waals surface area contributed by atoms with Gasteiger partial charge in [0.1, 0.15) is 11.3 Å². The van der Waals surface area contributed by atoms with E-state index in [0.717, 1.165) is 0 Å². The third-order valence-electron chi connectivity index (χ3n) is 2.33. The minimum Gasteiger partial charge on any atom is -0.497 e. The van der Waals surface area contributed by atoms with Gasteiger partial charge in [0.25, 0.3) is 0 Å². The second-order valence-electron chi connectivity index (χ2n) is 3.50. The molecular weight excluding hydrogens is 222 g/mol. The van der Waals surface area contributed by atoms with E-state index in [1.165, 1.54) is 6.92 Å². The molecule has 1 aromatic carbocycles. The van der Waals surface area contributed by atoms with Crippen molar-refractivity contribution in [3.63, 3.8) is 0 Å². The van der Waals surface area contributed by atoms with Crippen molar-refractivity contribution >= 4 is 28.8 Å². The lowest BCUT2D eigenvalue weighted by atomic mass is 10.2. The highest BCUT2D eigenvalue weighted by atomic mass is 16.5. The number of nitrogens with one attached hydrogen (secondary N) is 1. The van der Waals surface area contributed by atoms with Gasteiger partial charge in [0.15, 0.2) is 12.0 Å². The minimum absolute atomic E-state index is 0.100. The molecular formula is C12H11NO4. The molecule has 17 heavy (non-hydrogen) atoms. The predicted molar refractivity (Wildman–Crippen MR) is 62.5 cm³/mol. The number of carbonyl (C=O) groups is 2. The number of benzene rings is 1. The third kappa shape index (κ3) is 1.99. The van der Waals surface area contributed by atoms with E-state index in [1.807, 2.05) is 0 Å². The zero-order valence-corrected chi connectivity index (χ0v) is 9.44. The van der Waals surface area contributed by atoms with Gasteiger partial charge < -0.3 is 14.5 Å². The molecule has 0 spiro atoms. The van der Waals surface area contributed by atoms with Crippen LogP contribution < -0.4 is 10.1 Å². The number of fused-ring (bicyclic) bond motifs is 1. The molecule has 0 aliphatic rings. The SMILES string of the molecule is COc1ccc2oc(C=O)c(NC(C)=O)c2c1. The standard InChI is InChI=1S/C12H11NO4/c1-7(15)13-12-9-5-8(16-2)3-4-10(9)17-11(12)6-14/h3-6H,1-2H3,(H,13,15). The highest BCUT2D eigenvalue weighted by Gasteiger charge is 2.15. The first-order valence-corrected chi connectivity index (χ1v) is 4.99. The van der Waals surface area contributed by atoms with Gasteiger partial charge in [-0.2, -0.15) is 0 Å². The predicted octanol–water partition coefficient (Wildman–Crippen LogP) is 2.21. The summed E-state index contributed by atoms with van der Waals surface area (Å²) in [6, 6.07) is 5.11. The van der Waals surface area contributed by atoms with Crippen molar-refractivity contribution in [1.82, 2.24) is 0 Å². The lowest BCUT2D eigenvalue weighted by Gasteiger charge is -2.01. The van der Waals surface area contributed by atoms with Crippen molar-refractivity contribution in [3.05, 3.63) is 24.0 Å². The average Bonchev–Trinajstić information content (AvgIpc) is 2.66. The van der Waals surface area contributed by atoms with Gasteiger partial charge in [-0.3, -0.25) is 9.59 Å². The summed E-state index contributed by atoms with van der Waals surface area (Å²) in [7, 11) is 1.54. The van der Waals surface area contributed by atoms with Gasteiger partial charge >= 0.3 is 0 Å². The van der Waals surface area contributed by atoms with E-state index in [9.17, 15) is 9.59 Å². The topological polar surface area (TPSA) is 68.5 Å². The number of methoxy groups -OCH3 is 1. The Bertz CT molecular complexity index is 585. The lowest BCUT2D eigenvalue weighted by Crippen LogP contribution is -2.06. The van der Waals surface area contributed by atoms with Crippen LogP contribution in [0, 0.1) is 0 Å². The van der Waals surface area contributed by atoms with Crippen LogP contribution in [-0.4, -0.2) is 19.3 Å². The van der Waals surface area contributed by atoms with Crippen LogP contribution in [0.3, 0.4) is 0 Å².